The summed E-state index contributed by atoms with van der Waals surface area (Å²) in [7, 11) is 3.22. The van der Waals surface area contributed by atoms with E-state index in [0.29, 0.717) is 69.1 Å². The Kier molecular flexibility index (Phi) is 16.2. The standard InChI is InChI=1S/C30H42O9/c1-5-7-15-36-29-22-24(10-13-30(31)38-20-19-34-6-2)8-12-27(29)37-16-14-25-9-11-26(28(21-25)33-4)39-23-35-18-17-32-3/h8-13,21-22H,5-7,14-20,23H2,1-4H3. The summed E-state index contributed by atoms with van der Waals surface area (Å²) in [6, 6.07) is 11.3. The zero-order valence-corrected chi connectivity index (χ0v) is 23.6. The van der Waals surface area contributed by atoms with Crippen LogP contribution in [0, 0.1) is 0 Å². The molecular formula is C30H42O9. The molecule has 2 aromatic rings. The molecule has 0 saturated carbocycles. The van der Waals surface area contributed by atoms with Crippen molar-refractivity contribution >= 4 is 12.0 Å². The van der Waals surface area contributed by atoms with E-state index >= 15 is 0 Å². The van der Waals surface area contributed by atoms with Gasteiger partial charge in [0.2, 0.25) is 0 Å². The van der Waals surface area contributed by atoms with E-state index in [4.69, 9.17) is 37.9 Å². The van der Waals surface area contributed by atoms with Crippen molar-refractivity contribution in [2.24, 2.45) is 0 Å². The van der Waals surface area contributed by atoms with Gasteiger partial charge >= 0.3 is 5.97 Å². The zero-order valence-electron chi connectivity index (χ0n) is 23.6. The van der Waals surface area contributed by atoms with Gasteiger partial charge in [-0.05, 0) is 54.8 Å². The minimum Gasteiger partial charge on any atom is -0.493 e. The molecule has 0 radical (unpaired) electrons. The van der Waals surface area contributed by atoms with E-state index in [1.807, 2.05) is 43.3 Å². The monoisotopic (exact) mass is 546 g/mol. The molecule has 0 aliphatic rings. The summed E-state index contributed by atoms with van der Waals surface area (Å²) in [4.78, 5) is 11.9. The maximum absolute atomic E-state index is 11.9. The van der Waals surface area contributed by atoms with E-state index in [1.165, 1.54) is 6.08 Å². The second-order valence-corrected chi connectivity index (χ2v) is 8.35. The molecule has 9 nitrogen and oxygen atoms in total. The molecule has 0 heterocycles. The number of unbranched alkanes of at least 4 members (excludes halogenated alkanes) is 1. The number of esters is 1. The molecular weight excluding hydrogens is 504 g/mol. The second kappa shape index (κ2) is 19.7. The molecule has 9 heteroatoms. The van der Waals surface area contributed by atoms with E-state index in [1.54, 1.807) is 20.3 Å². The highest BCUT2D eigenvalue weighted by atomic mass is 16.7. The van der Waals surface area contributed by atoms with Crippen LogP contribution in [0.2, 0.25) is 0 Å². The molecule has 0 bridgehead atoms. The summed E-state index contributed by atoms with van der Waals surface area (Å²) in [6.45, 7) is 7.28. The molecule has 0 atom stereocenters. The van der Waals surface area contributed by atoms with Crippen LogP contribution in [-0.2, 0) is 30.2 Å². The first-order valence-electron chi connectivity index (χ1n) is 13.3. The molecule has 2 aromatic carbocycles. The number of benzene rings is 2. The van der Waals surface area contributed by atoms with Gasteiger partial charge in [-0.2, -0.15) is 0 Å². The van der Waals surface area contributed by atoms with Crippen molar-refractivity contribution < 1.29 is 42.7 Å². The first kappa shape index (κ1) is 31.9. The lowest BCUT2D eigenvalue weighted by molar-refractivity contribution is -0.139. The fourth-order valence-electron chi connectivity index (χ4n) is 3.32. The highest BCUT2D eigenvalue weighted by molar-refractivity contribution is 5.87. The molecule has 0 aliphatic heterocycles. The third-order valence-electron chi connectivity index (χ3n) is 5.42. The van der Waals surface area contributed by atoms with Crippen molar-refractivity contribution in [3.8, 4) is 23.0 Å². The summed E-state index contributed by atoms with van der Waals surface area (Å²) < 4.78 is 43.8. The van der Waals surface area contributed by atoms with Gasteiger partial charge in [0.25, 0.3) is 0 Å². The third kappa shape index (κ3) is 12.9. The van der Waals surface area contributed by atoms with Gasteiger partial charge in [0.1, 0.15) is 6.61 Å². The van der Waals surface area contributed by atoms with E-state index < -0.39 is 5.97 Å². The quantitative estimate of drug-likeness (QED) is 0.0919. The summed E-state index contributed by atoms with van der Waals surface area (Å²) in [5.41, 5.74) is 1.84. The van der Waals surface area contributed by atoms with Gasteiger partial charge in [-0.1, -0.05) is 25.5 Å². The van der Waals surface area contributed by atoms with Crippen molar-refractivity contribution in [1.29, 1.82) is 0 Å². The summed E-state index contributed by atoms with van der Waals surface area (Å²) in [5.74, 6) is 2.08. The minimum atomic E-state index is -0.422. The van der Waals surface area contributed by atoms with Crippen molar-refractivity contribution in [2.45, 2.75) is 33.1 Å². The van der Waals surface area contributed by atoms with Gasteiger partial charge in [-0.15, -0.1) is 0 Å². The highest BCUT2D eigenvalue weighted by Gasteiger charge is 2.09. The molecule has 2 rings (SSSR count). The molecule has 0 amide bonds. The number of carbonyl (C=O) groups excluding carboxylic acids is 1. The SMILES string of the molecule is CCCCOc1cc(C=CC(=O)OCCOCC)ccc1OCCc1ccc(OCOCCOC)c(OC)c1. The Morgan fingerprint density at radius 1 is 0.769 bits per heavy atom. The molecule has 0 spiro atoms. The lowest BCUT2D eigenvalue weighted by atomic mass is 10.1. The molecule has 0 aliphatic carbocycles. The lowest BCUT2D eigenvalue weighted by Crippen LogP contribution is -2.08. The Morgan fingerprint density at radius 2 is 1.54 bits per heavy atom. The fraction of sp³-hybridized carbons (Fsp3) is 0.500. The summed E-state index contributed by atoms with van der Waals surface area (Å²) in [6.07, 6.45) is 5.69. The van der Waals surface area contributed by atoms with Crippen LogP contribution >= 0.6 is 0 Å². The van der Waals surface area contributed by atoms with Crippen LogP contribution in [0.4, 0.5) is 0 Å². The van der Waals surface area contributed by atoms with Crippen LogP contribution in [0.25, 0.3) is 6.08 Å². The van der Waals surface area contributed by atoms with Gasteiger partial charge in [-0.25, -0.2) is 4.79 Å². The first-order chi connectivity index (χ1) is 19.1. The summed E-state index contributed by atoms with van der Waals surface area (Å²) in [5, 5.41) is 0. The van der Waals surface area contributed by atoms with Gasteiger partial charge < -0.3 is 37.9 Å². The van der Waals surface area contributed by atoms with Gasteiger partial charge in [0, 0.05) is 26.2 Å². The van der Waals surface area contributed by atoms with Gasteiger partial charge in [0.05, 0.1) is 40.1 Å². The zero-order chi connectivity index (χ0) is 28.1. The van der Waals surface area contributed by atoms with E-state index in [2.05, 4.69) is 6.92 Å². The molecule has 39 heavy (non-hydrogen) atoms. The third-order valence-corrected chi connectivity index (χ3v) is 5.42. The summed E-state index contributed by atoms with van der Waals surface area (Å²) >= 11 is 0. The fourth-order valence-corrected chi connectivity index (χ4v) is 3.32. The average Bonchev–Trinajstić information content (AvgIpc) is 2.95. The average molecular weight is 547 g/mol. The van der Waals surface area contributed by atoms with Crippen LogP contribution < -0.4 is 18.9 Å². The second-order valence-electron chi connectivity index (χ2n) is 8.35. The number of hydrogen-bond donors (Lipinski definition) is 0. The Balaban J connectivity index is 1.96. The van der Waals surface area contributed by atoms with Gasteiger partial charge in [0.15, 0.2) is 29.8 Å². The predicted octanol–water partition coefficient (Wildman–Crippen LogP) is 5.09. The highest BCUT2D eigenvalue weighted by Crippen LogP contribution is 2.31. The molecule has 216 valence electrons. The number of carbonyl (C=O) groups is 1. The smallest absolute Gasteiger partial charge is 0.330 e. The Bertz CT molecular complexity index is 990. The molecule has 0 unspecified atom stereocenters. The van der Waals surface area contributed by atoms with Crippen molar-refractivity contribution in [2.75, 3.05) is 67.3 Å². The van der Waals surface area contributed by atoms with Crippen molar-refractivity contribution in [1.82, 2.24) is 0 Å². The number of ether oxygens (including phenoxy) is 8. The molecule has 0 aromatic heterocycles. The van der Waals surface area contributed by atoms with Crippen LogP contribution in [0.5, 0.6) is 23.0 Å². The number of rotatable bonds is 21. The maximum Gasteiger partial charge on any atom is 0.330 e. The largest absolute Gasteiger partial charge is 0.493 e. The van der Waals surface area contributed by atoms with E-state index in [-0.39, 0.29) is 13.4 Å². The Morgan fingerprint density at radius 3 is 2.31 bits per heavy atom. The van der Waals surface area contributed by atoms with Crippen molar-refractivity contribution in [3.63, 3.8) is 0 Å². The van der Waals surface area contributed by atoms with Crippen LogP contribution in [0.3, 0.4) is 0 Å². The van der Waals surface area contributed by atoms with Crippen molar-refractivity contribution in [3.05, 3.63) is 53.6 Å². The number of hydrogen-bond acceptors (Lipinski definition) is 9. The Hall–Kier alpha value is -3.27. The van der Waals surface area contributed by atoms with Crippen LogP contribution in [-0.4, -0.2) is 73.2 Å². The van der Waals surface area contributed by atoms with Crippen LogP contribution in [0.1, 0.15) is 37.8 Å². The topological polar surface area (TPSA) is 90.9 Å². The number of methoxy groups -OCH3 is 2. The normalized spacial score (nSPS) is 11.0. The first-order valence-corrected chi connectivity index (χ1v) is 13.3. The Labute approximate surface area is 231 Å². The van der Waals surface area contributed by atoms with Crippen LogP contribution in [0.15, 0.2) is 42.5 Å². The van der Waals surface area contributed by atoms with Gasteiger partial charge in [-0.3, -0.25) is 0 Å². The lowest BCUT2D eigenvalue weighted by Gasteiger charge is -2.15. The predicted molar refractivity (Wildman–Crippen MR) is 149 cm³/mol. The maximum atomic E-state index is 11.9. The minimum absolute atomic E-state index is 0.114. The van der Waals surface area contributed by atoms with E-state index in [0.717, 1.165) is 24.0 Å². The molecule has 0 N–H and O–H groups in total. The van der Waals surface area contributed by atoms with E-state index in [9.17, 15) is 4.79 Å². The molecule has 0 fully saturated rings. The molecule has 0 saturated heterocycles.